The highest BCUT2D eigenvalue weighted by atomic mass is 79.9. The molecule has 2 atom stereocenters. The Kier molecular flexibility index (Phi) is 4.26. The van der Waals surface area contributed by atoms with E-state index in [9.17, 15) is 9.18 Å². The molecule has 1 fully saturated rings. The molecule has 0 bridgehead atoms. The molecule has 5 heteroatoms. The van der Waals surface area contributed by atoms with Crippen LogP contribution in [-0.2, 0) is 4.79 Å². The summed E-state index contributed by atoms with van der Waals surface area (Å²) in [5, 5.41) is 8.95. The SMILES string of the molecule is CC(C(=O)O)C1CN(C(C)c2ccc(Br)cc2F)C1. The number of carboxylic acid groups (broad SMARTS) is 1. The van der Waals surface area contributed by atoms with Gasteiger partial charge < -0.3 is 5.11 Å². The zero-order valence-corrected chi connectivity index (χ0v) is 12.5. The summed E-state index contributed by atoms with van der Waals surface area (Å²) in [6, 6.07) is 5.04. The summed E-state index contributed by atoms with van der Waals surface area (Å²) in [4.78, 5) is 13.0. The van der Waals surface area contributed by atoms with E-state index >= 15 is 0 Å². The molecular weight excluding hydrogens is 313 g/mol. The van der Waals surface area contributed by atoms with E-state index < -0.39 is 5.97 Å². The first-order valence-electron chi connectivity index (χ1n) is 6.32. The highest BCUT2D eigenvalue weighted by Crippen LogP contribution is 2.33. The standard InChI is InChI=1S/C14H17BrFNO2/c1-8(14(18)19)10-6-17(7-10)9(2)12-4-3-11(15)5-13(12)16/h3-5,8-10H,6-7H2,1-2H3,(H,18,19). The predicted octanol–water partition coefficient (Wildman–Crippen LogP) is 3.30. The molecule has 1 N–H and O–H groups in total. The first-order chi connectivity index (χ1) is 8.90. The second kappa shape index (κ2) is 5.59. The Balaban J connectivity index is 2.00. The number of aliphatic carboxylic acids is 1. The number of likely N-dealkylation sites (tertiary alicyclic amines) is 1. The van der Waals surface area contributed by atoms with Crippen LogP contribution in [0.25, 0.3) is 0 Å². The average Bonchev–Trinajstić information content (AvgIpc) is 2.26. The summed E-state index contributed by atoms with van der Waals surface area (Å²) in [7, 11) is 0. The van der Waals surface area contributed by atoms with Crippen LogP contribution < -0.4 is 0 Å². The normalized spacial score (nSPS) is 19.8. The average molecular weight is 330 g/mol. The van der Waals surface area contributed by atoms with Crippen LogP contribution in [0.4, 0.5) is 4.39 Å². The second-order valence-corrected chi connectivity index (χ2v) is 6.10. The van der Waals surface area contributed by atoms with E-state index in [0.717, 1.165) is 4.47 Å². The van der Waals surface area contributed by atoms with Gasteiger partial charge in [-0.05, 0) is 25.0 Å². The van der Waals surface area contributed by atoms with Crippen LogP contribution >= 0.6 is 15.9 Å². The Morgan fingerprint density at radius 2 is 2.11 bits per heavy atom. The maximum absolute atomic E-state index is 13.9. The minimum atomic E-state index is -0.757. The molecule has 1 aliphatic rings. The largest absolute Gasteiger partial charge is 0.481 e. The van der Waals surface area contributed by atoms with Crippen LogP contribution in [-0.4, -0.2) is 29.1 Å². The van der Waals surface area contributed by atoms with Gasteiger partial charge in [-0.3, -0.25) is 9.69 Å². The maximum atomic E-state index is 13.9. The number of hydrogen-bond donors (Lipinski definition) is 1. The van der Waals surface area contributed by atoms with Crippen molar-refractivity contribution < 1.29 is 14.3 Å². The summed E-state index contributed by atoms with van der Waals surface area (Å²) >= 11 is 3.24. The van der Waals surface area contributed by atoms with Gasteiger partial charge in [0.1, 0.15) is 5.82 Å². The zero-order valence-electron chi connectivity index (χ0n) is 10.9. The molecule has 0 amide bonds. The summed E-state index contributed by atoms with van der Waals surface area (Å²) in [6.45, 7) is 5.11. The molecular formula is C14H17BrFNO2. The van der Waals surface area contributed by atoms with Gasteiger partial charge in [0.25, 0.3) is 0 Å². The van der Waals surface area contributed by atoms with Gasteiger partial charge in [-0.15, -0.1) is 0 Å². The molecule has 3 nitrogen and oxygen atoms in total. The van der Waals surface area contributed by atoms with Crippen molar-refractivity contribution in [2.24, 2.45) is 11.8 Å². The van der Waals surface area contributed by atoms with Crippen molar-refractivity contribution in [3.63, 3.8) is 0 Å². The molecule has 1 heterocycles. The Labute approximate surface area is 120 Å². The molecule has 1 aliphatic heterocycles. The molecule has 0 radical (unpaired) electrons. The van der Waals surface area contributed by atoms with Crippen molar-refractivity contribution in [3.8, 4) is 0 Å². The Morgan fingerprint density at radius 3 is 2.63 bits per heavy atom. The fraction of sp³-hybridized carbons (Fsp3) is 0.500. The van der Waals surface area contributed by atoms with Crippen LogP contribution in [0.1, 0.15) is 25.5 Å². The Morgan fingerprint density at radius 1 is 1.47 bits per heavy atom. The fourth-order valence-corrected chi connectivity index (χ4v) is 2.75. The minimum absolute atomic E-state index is 0.0228. The molecule has 2 rings (SSSR count). The number of carbonyl (C=O) groups is 1. The van der Waals surface area contributed by atoms with Crippen molar-refractivity contribution in [1.82, 2.24) is 4.90 Å². The highest BCUT2D eigenvalue weighted by Gasteiger charge is 2.37. The van der Waals surface area contributed by atoms with E-state index in [1.54, 1.807) is 13.0 Å². The third-order valence-corrected chi connectivity index (χ3v) is 4.49. The maximum Gasteiger partial charge on any atom is 0.306 e. The van der Waals surface area contributed by atoms with Gasteiger partial charge in [-0.25, -0.2) is 4.39 Å². The Bertz CT molecular complexity index is 488. The zero-order chi connectivity index (χ0) is 14.2. The summed E-state index contributed by atoms with van der Waals surface area (Å²) < 4.78 is 14.6. The van der Waals surface area contributed by atoms with Gasteiger partial charge in [0, 0.05) is 29.2 Å². The van der Waals surface area contributed by atoms with Gasteiger partial charge in [-0.2, -0.15) is 0 Å². The summed E-state index contributed by atoms with van der Waals surface area (Å²) in [6.07, 6.45) is 0. The van der Waals surface area contributed by atoms with E-state index in [4.69, 9.17) is 5.11 Å². The van der Waals surface area contributed by atoms with E-state index in [1.807, 2.05) is 13.0 Å². The van der Waals surface area contributed by atoms with E-state index in [-0.39, 0.29) is 23.7 Å². The molecule has 0 aromatic heterocycles. The first kappa shape index (κ1) is 14.5. The lowest BCUT2D eigenvalue weighted by molar-refractivity contribution is -0.146. The quantitative estimate of drug-likeness (QED) is 0.921. The molecule has 104 valence electrons. The predicted molar refractivity (Wildman–Crippen MR) is 74.4 cm³/mol. The fourth-order valence-electron chi connectivity index (χ4n) is 2.42. The highest BCUT2D eigenvalue weighted by molar-refractivity contribution is 9.10. The Hall–Kier alpha value is -0.940. The molecule has 19 heavy (non-hydrogen) atoms. The van der Waals surface area contributed by atoms with Crippen molar-refractivity contribution in [2.45, 2.75) is 19.9 Å². The molecule has 1 aromatic carbocycles. The van der Waals surface area contributed by atoms with Crippen LogP contribution in [0.5, 0.6) is 0 Å². The third kappa shape index (κ3) is 2.98. The molecule has 2 unspecified atom stereocenters. The molecule has 0 spiro atoms. The van der Waals surface area contributed by atoms with Crippen molar-refractivity contribution >= 4 is 21.9 Å². The van der Waals surface area contributed by atoms with Crippen molar-refractivity contribution in [2.75, 3.05) is 13.1 Å². The molecule has 0 saturated carbocycles. The van der Waals surface area contributed by atoms with Crippen LogP contribution in [0.3, 0.4) is 0 Å². The number of rotatable bonds is 4. The number of benzene rings is 1. The summed E-state index contributed by atoms with van der Waals surface area (Å²) in [5.74, 6) is -1.15. The topological polar surface area (TPSA) is 40.5 Å². The number of carboxylic acids is 1. The lowest BCUT2D eigenvalue weighted by Crippen LogP contribution is -2.51. The van der Waals surface area contributed by atoms with E-state index in [0.29, 0.717) is 18.7 Å². The van der Waals surface area contributed by atoms with Gasteiger partial charge in [0.15, 0.2) is 0 Å². The molecule has 0 aliphatic carbocycles. The van der Waals surface area contributed by atoms with Crippen LogP contribution in [0.2, 0.25) is 0 Å². The smallest absolute Gasteiger partial charge is 0.306 e. The van der Waals surface area contributed by atoms with Crippen molar-refractivity contribution in [3.05, 3.63) is 34.1 Å². The van der Waals surface area contributed by atoms with Gasteiger partial charge in [0.2, 0.25) is 0 Å². The first-order valence-corrected chi connectivity index (χ1v) is 7.11. The summed E-state index contributed by atoms with van der Waals surface area (Å²) in [5.41, 5.74) is 0.657. The van der Waals surface area contributed by atoms with Crippen LogP contribution in [0, 0.1) is 17.7 Å². The number of halogens is 2. The number of hydrogen-bond acceptors (Lipinski definition) is 2. The van der Waals surface area contributed by atoms with E-state index in [1.165, 1.54) is 6.07 Å². The molecule has 1 aromatic rings. The van der Waals surface area contributed by atoms with Gasteiger partial charge >= 0.3 is 5.97 Å². The van der Waals surface area contributed by atoms with E-state index in [2.05, 4.69) is 20.8 Å². The molecule has 1 saturated heterocycles. The minimum Gasteiger partial charge on any atom is -0.481 e. The van der Waals surface area contributed by atoms with Crippen LogP contribution in [0.15, 0.2) is 22.7 Å². The third-order valence-electron chi connectivity index (χ3n) is 3.99. The van der Waals surface area contributed by atoms with Gasteiger partial charge in [0.05, 0.1) is 5.92 Å². The van der Waals surface area contributed by atoms with Crippen molar-refractivity contribution in [1.29, 1.82) is 0 Å². The second-order valence-electron chi connectivity index (χ2n) is 5.18. The lowest BCUT2D eigenvalue weighted by Gasteiger charge is -2.45. The number of nitrogens with zero attached hydrogens (tertiary/aromatic N) is 1. The lowest BCUT2D eigenvalue weighted by atomic mass is 9.85. The van der Waals surface area contributed by atoms with Gasteiger partial charge in [-0.1, -0.05) is 28.9 Å². The monoisotopic (exact) mass is 329 g/mol.